The van der Waals surface area contributed by atoms with Gasteiger partial charge in [0, 0.05) is 37.8 Å². The van der Waals surface area contributed by atoms with Crippen LogP contribution >= 0.6 is 24.8 Å². The Morgan fingerprint density at radius 1 is 1.13 bits per heavy atom. The Morgan fingerprint density at radius 2 is 1.70 bits per heavy atom. The number of phenols is 1. The minimum Gasteiger partial charge on any atom is -0.508 e. The number of aromatic hydroxyl groups is 1. The highest BCUT2D eigenvalue weighted by Gasteiger charge is 2.32. The number of halogens is 2. The van der Waals surface area contributed by atoms with Crippen molar-refractivity contribution in [2.24, 2.45) is 11.8 Å². The lowest BCUT2D eigenvalue weighted by atomic mass is 9.88. The Kier molecular flexibility index (Phi) is 7.45. The fourth-order valence-corrected chi connectivity index (χ4v) is 3.00. The number of hydrogen-bond donors (Lipinski definition) is 2. The first-order valence-corrected chi connectivity index (χ1v) is 7.68. The van der Waals surface area contributed by atoms with Gasteiger partial charge in [0.2, 0.25) is 5.91 Å². The second-order valence-corrected chi connectivity index (χ2v) is 6.04. The first-order valence-electron chi connectivity index (χ1n) is 7.68. The largest absolute Gasteiger partial charge is 0.508 e. The Balaban J connectivity index is 0.00000132. The molecule has 0 spiro atoms. The summed E-state index contributed by atoms with van der Waals surface area (Å²) in [5.74, 6) is 1.22. The van der Waals surface area contributed by atoms with Crippen molar-refractivity contribution in [3.05, 3.63) is 24.3 Å². The number of phenolic OH excluding ortho intramolecular Hbond substituents is 1. The zero-order valence-corrected chi connectivity index (χ0v) is 14.9. The summed E-state index contributed by atoms with van der Waals surface area (Å²) in [6, 6.07) is 7.27. The Hall–Kier alpha value is -1.17. The zero-order valence-electron chi connectivity index (χ0n) is 13.3. The van der Waals surface area contributed by atoms with Crippen LogP contribution in [0.3, 0.4) is 0 Å². The van der Waals surface area contributed by atoms with Crippen LogP contribution in [-0.4, -0.2) is 55.2 Å². The molecule has 23 heavy (non-hydrogen) atoms. The van der Waals surface area contributed by atoms with Gasteiger partial charge in [-0.15, -0.1) is 24.8 Å². The van der Waals surface area contributed by atoms with Crippen LogP contribution in [0.4, 0.5) is 5.69 Å². The lowest BCUT2D eigenvalue weighted by Crippen LogP contribution is -2.54. The molecule has 130 valence electrons. The van der Waals surface area contributed by atoms with Crippen LogP contribution in [0, 0.1) is 11.8 Å². The average Bonchev–Trinajstić information content (AvgIpc) is 2.46. The second-order valence-electron chi connectivity index (χ2n) is 6.04. The lowest BCUT2D eigenvalue weighted by Gasteiger charge is -2.40. The van der Waals surface area contributed by atoms with E-state index in [2.05, 4.69) is 17.1 Å². The van der Waals surface area contributed by atoms with Gasteiger partial charge in [-0.1, -0.05) is 6.92 Å². The molecule has 5 nitrogen and oxygen atoms in total. The number of carbonyl (C=O) groups is 1. The summed E-state index contributed by atoms with van der Waals surface area (Å²) in [5, 5.41) is 12.6. The molecule has 0 radical (unpaired) electrons. The standard InChI is InChI=1S/C16H23N3O2.2ClH/c1-12(13-10-17-11-13)16(21)19-8-6-18(7-9-19)14-2-4-15(20)5-3-14;;/h2-5,12-13,17,20H,6-11H2,1H3;2*1H. The van der Waals surface area contributed by atoms with Crippen LogP contribution in [0.5, 0.6) is 5.75 Å². The summed E-state index contributed by atoms with van der Waals surface area (Å²) in [4.78, 5) is 16.7. The van der Waals surface area contributed by atoms with Gasteiger partial charge in [-0.25, -0.2) is 0 Å². The van der Waals surface area contributed by atoms with Gasteiger partial charge in [0.1, 0.15) is 5.75 Å². The third-order valence-corrected chi connectivity index (χ3v) is 4.72. The van der Waals surface area contributed by atoms with Crippen LogP contribution in [0.15, 0.2) is 24.3 Å². The molecule has 1 aromatic rings. The fourth-order valence-electron chi connectivity index (χ4n) is 3.00. The molecule has 1 unspecified atom stereocenters. The van der Waals surface area contributed by atoms with Gasteiger partial charge in [-0.3, -0.25) is 4.79 Å². The van der Waals surface area contributed by atoms with Crippen molar-refractivity contribution in [1.82, 2.24) is 10.2 Å². The molecule has 0 aromatic heterocycles. The SMILES string of the molecule is CC(C(=O)N1CCN(c2ccc(O)cc2)CC1)C1CNC1.Cl.Cl. The van der Waals surface area contributed by atoms with E-state index in [1.54, 1.807) is 12.1 Å². The normalized spacial score (nSPS) is 19.2. The van der Waals surface area contributed by atoms with E-state index in [9.17, 15) is 9.90 Å². The maximum absolute atomic E-state index is 12.5. The summed E-state index contributed by atoms with van der Waals surface area (Å²) in [7, 11) is 0. The Bertz CT molecular complexity index is 501. The third-order valence-electron chi connectivity index (χ3n) is 4.72. The van der Waals surface area contributed by atoms with Crippen LogP contribution in [0.1, 0.15) is 6.92 Å². The number of carbonyl (C=O) groups excluding carboxylic acids is 1. The number of anilines is 1. The van der Waals surface area contributed by atoms with Crippen molar-refractivity contribution in [3.8, 4) is 5.75 Å². The van der Waals surface area contributed by atoms with Crippen molar-refractivity contribution in [2.75, 3.05) is 44.2 Å². The highest BCUT2D eigenvalue weighted by atomic mass is 35.5. The molecule has 2 aliphatic rings. The summed E-state index contributed by atoms with van der Waals surface area (Å²) in [6.45, 7) is 7.27. The van der Waals surface area contributed by atoms with Crippen molar-refractivity contribution >= 4 is 36.4 Å². The minimum absolute atomic E-state index is 0. The number of piperazine rings is 1. The topological polar surface area (TPSA) is 55.8 Å². The highest BCUT2D eigenvalue weighted by molar-refractivity contribution is 5.85. The molecule has 2 saturated heterocycles. The summed E-state index contributed by atoms with van der Waals surface area (Å²) in [5.41, 5.74) is 1.11. The molecule has 2 heterocycles. The number of rotatable bonds is 3. The molecule has 1 aromatic carbocycles. The van der Waals surface area contributed by atoms with Crippen LogP contribution in [-0.2, 0) is 4.79 Å². The van der Waals surface area contributed by atoms with Gasteiger partial charge in [-0.2, -0.15) is 0 Å². The summed E-state index contributed by atoms with van der Waals surface area (Å²) in [6.07, 6.45) is 0. The molecule has 2 aliphatic heterocycles. The van der Waals surface area contributed by atoms with E-state index in [0.29, 0.717) is 11.8 Å². The Labute approximate surface area is 149 Å². The zero-order chi connectivity index (χ0) is 14.8. The van der Waals surface area contributed by atoms with E-state index in [1.165, 1.54) is 0 Å². The number of hydrogen-bond acceptors (Lipinski definition) is 4. The van der Waals surface area contributed by atoms with Gasteiger partial charge in [0.15, 0.2) is 0 Å². The number of amides is 1. The van der Waals surface area contributed by atoms with E-state index >= 15 is 0 Å². The van der Waals surface area contributed by atoms with E-state index < -0.39 is 0 Å². The van der Waals surface area contributed by atoms with Gasteiger partial charge < -0.3 is 20.2 Å². The smallest absolute Gasteiger partial charge is 0.225 e. The maximum Gasteiger partial charge on any atom is 0.225 e. The third kappa shape index (κ3) is 4.43. The molecule has 1 amide bonds. The lowest BCUT2D eigenvalue weighted by molar-refractivity contribution is -0.137. The minimum atomic E-state index is 0. The molecule has 0 saturated carbocycles. The van der Waals surface area contributed by atoms with Gasteiger partial charge in [0.05, 0.1) is 0 Å². The van der Waals surface area contributed by atoms with E-state index in [-0.39, 0.29) is 36.5 Å². The molecule has 0 aliphatic carbocycles. The van der Waals surface area contributed by atoms with Crippen molar-refractivity contribution in [3.63, 3.8) is 0 Å². The molecule has 2 N–H and O–H groups in total. The quantitative estimate of drug-likeness (QED) is 0.860. The molecule has 0 bridgehead atoms. The van der Waals surface area contributed by atoms with Crippen LogP contribution in [0.2, 0.25) is 0 Å². The summed E-state index contributed by atoms with van der Waals surface area (Å²) < 4.78 is 0. The maximum atomic E-state index is 12.5. The number of nitrogens with one attached hydrogen (secondary N) is 1. The average molecular weight is 362 g/mol. The van der Waals surface area contributed by atoms with Gasteiger partial charge in [-0.05, 0) is 43.3 Å². The Morgan fingerprint density at radius 3 is 2.17 bits per heavy atom. The monoisotopic (exact) mass is 361 g/mol. The molecule has 1 atom stereocenters. The highest BCUT2D eigenvalue weighted by Crippen LogP contribution is 2.22. The predicted molar refractivity (Wildman–Crippen MR) is 96.9 cm³/mol. The first kappa shape index (κ1) is 19.9. The summed E-state index contributed by atoms with van der Waals surface area (Å²) >= 11 is 0. The number of nitrogens with zero attached hydrogens (tertiary/aromatic N) is 2. The molecular weight excluding hydrogens is 337 g/mol. The molecule has 7 heteroatoms. The van der Waals surface area contributed by atoms with Crippen LogP contribution < -0.4 is 10.2 Å². The van der Waals surface area contributed by atoms with Crippen LogP contribution in [0.25, 0.3) is 0 Å². The number of benzene rings is 1. The van der Waals surface area contributed by atoms with E-state index in [0.717, 1.165) is 45.0 Å². The van der Waals surface area contributed by atoms with Crippen molar-refractivity contribution in [2.45, 2.75) is 6.92 Å². The molecule has 3 rings (SSSR count). The van der Waals surface area contributed by atoms with Crippen molar-refractivity contribution < 1.29 is 9.90 Å². The van der Waals surface area contributed by atoms with Gasteiger partial charge >= 0.3 is 0 Å². The fraction of sp³-hybridized carbons (Fsp3) is 0.562. The van der Waals surface area contributed by atoms with Gasteiger partial charge in [0.25, 0.3) is 0 Å². The van der Waals surface area contributed by atoms with E-state index in [1.807, 2.05) is 17.0 Å². The molecule has 2 fully saturated rings. The molecular formula is C16H25Cl2N3O2. The van der Waals surface area contributed by atoms with Crippen molar-refractivity contribution in [1.29, 1.82) is 0 Å². The van der Waals surface area contributed by atoms with E-state index in [4.69, 9.17) is 0 Å². The first-order chi connectivity index (χ1) is 10.1. The predicted octanol–water partition coefficient (Wildman–Crippen LogP) is 1.74. The second kappa shape index (κ2) is 8.62.